The number of carbonyl (C=O) groups excluding carboxylic acids is 1. The van der Waals surface area contributed by atoms with Gasteiger partial charge in [-0.15, -0.1) is 0 Å². The summed E-state index contributed by atoms with van der Waals surface area (Å²) in [6.07, 6.45) is 15.0. The lowest BCUT2D eigenvalue weighted by molar-refractivity contribution is -0.272. The zero-order chi connectivity index (χ0) is 24.6. The first-order valence-corrected chi connectivity index (χ1v) is 14.9. The summed E-state index contributed by atoms with van der Waals surface area (Å²) in [6.45, 7) is 12.8. The van der Waals surface area contributed by atoms with Crippen LogP contribution >= 0.6 is 0 Å². The number of fused-ring (bicyclic) bond motifs is 7. The monoisotopic (exact) mass is 484 g/mol. The molecular weight excluding hydrogens is 436 g/mol. The maximum Gasteiger partial charge on any atom is 0.306 e. The highest BCUT2D eigenvalue weighted by molar-refractivity contribution is 5.69. The quantitative estimate of drug-likeness (QED) is 0.318. The number of esters is 1. The van der Waals surface area contributed by atoms with Crippen LogP contribution in [0.2, 0.25) is 0 Å². The minimum atomic E-state index is -0.314. The molecule has 6 rings (SSSR count). The third-order valence-corrected chi connectivity index (χ3v) is 12.1. The Kier molecular flexibility index (Phi) is 6.00. The van der Waals surface area contributed by atoms with Crippen molar-refractivity contribution in [3.63, 3.8) is 0 Å². The molecule has 0 aromatic rings. The fourth-order valence-electron chi connectivity index (χ4n) is 10.2. The summed E-state index contributed by atoms with van der Waals surface area (Å²) in [5, 5.41) is 0. The standard InChI is InChI=1S/C31H48O4/c1-6-7-27(32)34-22-11-13-29(4)21(16-22)8-9-23-24(29)12-14-30(5)25(23)17-26-28(30)20(3)31(35-26)15-10-19(2)18-33-31/h8,19-20,22-26,28H,6-7,9-18H2,1-5H3/t19?,20?,22?,23?,24?,25?,26?,28?,29-,30-,31?/m0/s1. The van der Waals surface area contributed by atoms with Gasteiger partial charge in [-0.25, -0.2) is 0 Å². The molecule has 0 radical (unpaired) electrons. The fraction of sp³-hybridized carbons (Fsp3) is 0.903. The molecule has 4 heteroatoms. The molecule has 11 atom stereocenters. The topological polar surface area (TPSA) is 44.8 Å². The average Bonchev–Trinajstić information content (AvgIpc) is 3.26. The van der Waals surface area contributed by atoms with Gasteiger partial charge < -0.3 is 14.2 Å². The SMILES string of the molecule is CCCC(=O)OC1CC[C@@]2(C)C(=CCC3C4CC5OC6(CCC(C)CO6)C(C)C5[C@@]4(C)CCC32)C1. The first kappa shape index (κ1) is 24.5. The van der Waals surface area contributed by atoms with E-state index < -0.39 is 0 Å². The number of allylic oxidation sites excluding steroid dienone is 1. The van der Waals surface area contributed by atoms with E-state index in [2.05, 4.69) is 33.8 Å². The normalized spacial score (nSPS) is 52.8. The highest BCUT2D eigenvalue weighted by atomic mass is 16.7. The first-order chi connectivity index (χ1) is 16.7. The Labute approximate surface area is 212 Å². The van der Waals surface area contributed by atoms with E-state index in [1.165, 1.54) is 38.5 Å². The van der Waals surface area contributed by atoms with E-state index in [0.717, 1.165) is 50.0 Å². The smallest absolute Gasteiger partial charge is 0.306 e. The Bertz CT molecular complexity index is 871. The molecule has 4 aliphatic carbocycles. The van der Waals surface area contributed by atoms with Crippen LogP contribution in [0.5, 0.6) is 0 Å². The maximum absolute atomic E-state index is 12.1. The van der Waals surface area contributed by atoms with E-state index in [-0.39, 0.29) is 23.3 Å². The Morgan fingerprint density at radius 1 is 1.11 bits per heavy atom. The Balaban J connectivity index is 1.20. The molecule has 3 saturated carbocycles. The van der Waals surface area contributed by atoms with Gasteiger partial charge in [0.1, 0.15) is 6.10 Å². The van der Waals surface area contributed by atoms with Gasteiger partial charge in [-0.2, -0.15) is 0 Å². The summed E-state index contributed by atoms with van der Waals surface area (Å²) < 4.78 is 19.3. The highest BCUT2D eigenvalue weighted by Crippen LogP contribution is 2.70. The molecule has 2 aliphatic heterocycles. The molecule has 4 nitrogen and oxygen atoms in total. The minimum absolute atomic E-state index is 0.00962. The van der Waals surface area contributed by atoms with Crippen molar-refractivity contribution in [2.45, 2.75) is 123 Å². The average molecular weight is 485 g/mol. The predicted octanol–water partition coefficient (Wildman–Crippen LogP) is 7.06. The van der Waals surface area contributed by atoms with Crippen LogP contribution in [-0.2, 0) is 19.0 Å². The molecule has 0 N–H and O–H groups in total. The molecular formula is C31H48O4. The summed E-state index contributed by atoms with van der Waals surface area (Å²) in [5.74, 6) is 3.75. The van der Waals surface area contributed by atoms with Crippen molar-refractivity contribution in [1.29, 1.82) is 0 Å². The van der Waals surface area contributed by atoms with E-state index >= 15 is 0 Å². The number of hydrogen-bond donors (Lipinski definition) is 0. The molecule has 0 amide bonds. The lowest BCUT2D eigenvalue weighted by Crippen LogP contribution is -2.52. The van der Waals surface area contributed by atoms with E-state index in [1.807, 2.05) is 6.92 Å². The van der Waals surface area contributed by atoms with Crippen LogP contribution in [-0.4, -0.2) is 30.6 Å². The van der Waals surface area contributed by atoms with Crippen molar-refractivity contribution in [2.24, 2.45) is 46.3 Å². The summed E-state index contributed by atoms with van der Waals surface area (Å²) in [4.78, 5) is 12.1. The van der Waals surface area contributed by atoms with Crippen LogP contribution in [0.15, 0.2) is 11.6 Å². The van der Waals surface area contributed by atoms with E-state index in [1.54, 1.807) is 5.57 Å². The van der Waals surface area contributed by atoms with E-state index in [9.17, 15) is 4.79 Å². The zero-order valence-corrected chi connectivity index (χ0v) is 22.8. The minimum Gasteiger partial charge on any atom is -0.462 e. The summed E-state index contributed by atoms with van der Waals surface area (Å²) in [6, 6.07) is 0. The molecule has 6 aliphatic rings. The molecule has 9 unspecified atom stereocenters. The summed E-state index contributed by atoms with van der Waals surface area (Å²) >= 11 is 0. The van der Waals surface area contributed by atoms with Crippen molar-refractivity contribution < 1.29 is 19.0 Å². The highest BCUT2D eigenvalue weighted by Gasteiger charge is 2.68. The van der Waals surface area contributed by atoms with Crippen LogP contribution in [0.1, 0.15) is 105 Å². The van der Waals surface area contributed by atoms with Gasteiger partial charge in [0, 0.05) is 25.2 Å². The van der Waals surface area contributed by atoms with Gasteiger partial charge >= 0.3 is 5.97 Å². The lowest BCUT2D eigenvalue weighted by atomic mass is 9.47. The molecule has 2 heterocycles. The number of hydrogen-bond acceptors (Lipinski definition) is 4. The van der Waals surface area contributed by atoms with Crippen LogP contribution in [0.4, 0.5) is 0 Å². The van der Waals surface area contributed by atoms with Crippen LogP contribution < -0.4 is 0 Å². The van der Waals surface area contributed by atoms with Crippen molar-refractivity contribution in [2.75, 3.05) is 6.61 Å². The lowest BCUT2D eigenvalue weighted by Gasteiger charge is -2.58. The van der Waals surface area contributed by atoms with E-state index in [0.29, 0.717) is 35.7 Å². The third kappa shape index (κ3) is 3.62. The number of carbonyl (C=O) groups is 1. The third-order valence-electron chi connectivity index (χ3n) is 12.1. The van der Waals surface area contributed by atoms with Gasteiger partial charge in [0.15, 0.2) is 5.79 Å². The van der Waals surface area contributed by atoms with Crippen LogP contribution in [0, 0.1) is 46.3 Å². The predicted molar refractivity (Wildman–Crippen MR) is 136 cm³/mol. The van der Waals surface area contributed by atoms with Crippen molar-refractivity contribution in [1.82, 2.24) is 0 Å². The van der Waals surface area contributed by atoms with Gasteiger partial charge in [-0.1, -0.05) is 46.3 Å². The summed E-state index contributed by atoms with van der Waals surface area (Å²) in [7, 11) is 0. The molecule has 2 saturated heterocycles. The Morgan fingerprint density at radius 2 is 1.94 bits per heavy atom. The molecule has 0 bridgehead atoms. The van der Waals surface area contributed by atoms with Crippen molar-refractivity contribution in [3.8, 4) is 0 Å². The Morgan fingerprint density at radius 3 is 2.69 bits per heavy atom. The van der Waals surface area contributed by atoms with Gasteiger partial charge in [-0.05, 0) is 91.8 Å². The van der Waals surface area contributed by atoms with Crippen molar-refractivity contribution in [3.05, 3.63) is 11.6 Å². The second-order valence-corrected chi connectivity index (χ2v) is 13.9. The maximum atomic E-state index is 12.1. The molecule has 0 aromatic carbocycles. The van der Waals surface area contributed by atoms with Gasteiger partial charge in [0.2, 0.25) is 0 Å². The molecule has 1 spiro atoms. The molecule has 35 heavy (non-hydrogen) atoms. The molecule has 0 aromatic heterocycles. The Hall–Kier alpha value is -0.870. The second-order valence-electron chi connectivity index (χ2n) is 13.9. The van der Waals surface area contributed by atoms with Gasteiger partial charge in [-0.3, -0.25) is 4.79 Å². The second kappa shape index (κ2) is 8.58. The van der Waals surface area contributed by atoms with E-state index in [4.69, 9.17) is 14.2 Å². The summed E-state index contributed by atoms with van der Waals surface area (Å²) in [5.41, 5.74) is 2.25. The van der Waals surface area contributed by atoms with Crippen LogP contribution in [0.3, 0.4) is 0 Å². The first-order valence-electron chi connectivity index (χ1n) is 14.9. The van der Waals surface area contributed by atoms with Gasteiger partial charge in [0.05, 0.1) is 12.7 Å². The van der Waals surface area contributed by atoms with Crippen LogP contribution in [0.25, 0.3) is 0 Å². The van der Waals surface area contributed by atoms with Gasteiger partial charge in [0.25, 0.3) is 0 Å². The fourth-order valence-corrected chi connectivity index (χ4v) is 10.2. The zero-order valence-electron chi connectivity index (χ0n) is 22.8. The molecule has 196 valence electrons. The van der Waals surface area contributed by atoms with Crippen molar-refractivity contribution >= 4 is 5.97 Å². The number of rotatable bonds is 3. The number of ether oxygens (including phenoxy) is 3. The molecule has 5 fully saturated rings. The largest absolute Gasteiger partial charge is 0.462 e.